The van der Waals surface area contributed by atoms with Crippen molar-refractivity contribution in [2.75, 3.05) is 13.2 Å². The summed E-state index contributed by atoms with van der Waals surface area (Å²) < 4.78 is 66.6. The van der Waals surface area contributed by atoms with Crippen LogP contribution in [0, 0.1) is 11.2 Å². The van der Waals surface area contributed by atoms with Gasteiger partial charge in [-0.2, -0.15) is 13.2 Å². The van der Waals surface area contributed by atoms with E-state index < -0.39 is 35.4 Å². The normalized spacial score (nSPS) is 25.1. The van der Waals surface area contributed by atoms with Gasteiger partial charge in [-0.1, -0.05) is 33.8 Å². The highest BCUT2D eigenvalue weighted by molar-refractivity contribution is 5.54. The van der Waals surface area contributed by atoms with Crippen molar-refractivity contribution >= 4 is 0 Å². The van der Waals surface area contributed by atoms with Crippen molar-refractivity contribution in [3.63, 3.8) is 0 Å². The largest absolute Gasteiger partial charge is 0.419 e. The van der Waals surface area contributed by atoms with E-state index in [0.29, 0.717) is 44.5 Å². The van der Waals surface area contributed by atoms with Gasteiger partial charge < -0.3 is 14.6 Å². The number of hydrogen-bond donors (Lipinski definition) is 1. The second-order valence-electron chi connectivity index (χ2n) is 11.2. The molecule has 2 atom stereocenters. The number of pyridine rings is 1. The lowest BCUT2D eigenvalue weighted by molar-refractivity contribution is -0.140. The number of benzene rings is 1. The minimum atomic E-state index is -4.78. The molecule has 0 unspecified atom stereocenters. The summed E-state index contributed by atoms with van der Waals surface area (Å²) in [5, 5.41) is 11.3. The summed E-state index contributed by atoms with van der Waals surface area (Å²) in [5.74, 6) is -1.33. The smallest absolute Gasteiger partial charge is 0.388 e. The molecule has 190 valence electrons. The Bertz CT molecular complexity index is 1150. The van der Waals surface area contributed by atoms with Crippen molar-refractivity contribution in [2.45, 2.75) is 83.3 Å². The second kappa shape index (κ2) is 8.25. The molecular formula is C27H31F4NO3. The van der Waals surface area contributed by atoms with E-state index in [1.54, 1.807) is 0 Å². The first-order valence-corrected chi connectivity index (χ1v) is 12.2. The van der Waals surface area contributed by atoms with Gasteiger partial charge in [-0.25, -0.2) is 4.39 Å². The predicted octanol–water partition coefficient (Wildman–Crippen LogP) is 6.49. The first-order chi connectivity index (χ1) is 16.3. The molecule has 2 aliphatic heterocycles. The zero-order valence-electron chi connectivity index (χ0n) is 20.4. The highest BCUT2D eigenvalue weighted by atomic mass is 19.4. The molecule has 1 aromatic carbocycles. The van der Waals surface area contributed by atoms with Crippen LogP contribution in [0.25, 0.3) is 0 Å². The third-order valence-electron chi connectivity index (χ3n) is 7.62. The van der Waals surface area contributed by atoms with Gasteiger partial charge in [0.25, 0.3) is 0 Å². The van der Waals surface area contributed by atoms with Crippen molar-refractivity contribution in [3.05, 3.63) is 63.2 Å². The average molecular weight is 494 g/mol. The summed E-state index contributed by atoms with van der Waals surface area (Å²) in [6, 6.07) is 3.00. The standard InChI is InChI=1S/C27H31F4NO3/c1-14(2)23-21-22(20-18(32-23)12-25(3,4)13-19(20)33)26(7-9-34-10-8-26)35-24(21)15-5-6-16(17(28)11-15)27(29,30)31/h5-6,11,14,19,24,33H,7-10,12-13H2,1-4H3/t19-,24-/m0/s1. The van der Waals surface area contributed by atoms with Crippen molar-refractivity contribution in [2.24, 2.45) is 5.41 Å². The van der Waals surface area contributed by atoms with Gasteiger partial charge in [-0.15, -0.1) is 0 Å². The van der Waals surface area contributed by atoms with E-state index in [2.05, 4.69) is 13.8 Å². The van der Waals surface area contributed by atoms with Crippen LogP contribution in [0.1, 0.15) is 104 Å². The zero-order valence-corrected chi connectivity index (χ0v) is 20.4. The Kier molecular flexibility index (Phi) is 5.81. The summed E-state index contributed by atoms with van der Waals surface area (Å²) in [7, 11) is 0. The Morgan fingerprint density at radius 2 is 1.80 bits per heavy atom. The molecule has 1 fully saturated rings. The predicted molar refractivity (Wildman–Crippen MR) is 121 cm³/mol. The number of hydrogen-bond acceptors (Lipinski definition) is 4. The molecule has 3 aliphatic rings. The fraction of sp³-hybridized carbons (Fsp3) is 0.593. The van der Waals surface area contributed by atoms with Crippen LogP contribution in [-0.4, -0.2) is 23.3 Å². The van der Waals surface area contributed by atoms with Gasteiger partial charge in [0.05, 0.1) is 17.3 Å². The maximum absolute atomic E-state index is 14.6. The van der Waals surface area contributed by atoms with Crippen LogP contribution in [-0.2, 0) is 27.7 Å². The summed E-state index contributed by atoms with van der Waals surface area (Å²) in [6.45, 7) is 9.17. The van der Waals surface area contributed by atoms with E-state index in [4.69, 9.17) is 14.5 Å². The number of aliphatic hydroxyl groups is 1. The van der Waals surface area contributed by atoms with Gasteiger partial charge in [0, 0.05) is 48.6 Å². The van der Waals surface area contributed by atoms with Crippen LogP contribution in [0.2, 0.25) is 0 Å². The Labute approximate surface area is 202 Å². The van der Waals surface area contributed by atoms with Crippen LogP contribution in [0.3, 0.4) is 0 Å². The third-order valence-corrected chi connectivity index (χ3v) is 7.62. The van der Waals surface area contributed by atoms with E-state index in [1.165, 1.54) is 6.07 Å². The van der Waals surface area contributed by atoms with Gasteiger partial charge in [-0.05, 0) is 47.4 Å². The van der Waals surface area contributed by atoms with E-state index in [-0.39, 0.29) is 11.3 Å². The molecule has 0 radical (unpaired) electrons. The van der Waals surface area contributed by atoms with Gasteiger partial charge in [-0.3, -0.25) is 4.98 Å². The zero-order chi connectivity index (χ0) is 25.3. The summed E-state index contributed by atoms with van der Waals surface area (Å²) >= 11 is 0. The van der Waals surface area contributed by atoms with Crippen molar-refractivity contribution < 1.29 is 32.1 Å². The summed E-state index contributed by atoms with van der Waals surface area (Å²) in [6.07, 6.45) is -3.92. The molecule has 5 rings (SSSR count). The van der Waals surface area contributed by atoms with Crippen LogP contribution in [0.5, 0.6) is 0 Å². The van der Waals surface area contributed by atoms with E-state index in [9.17, 15) is 22.7 Å². The number of ether oxygens (including phenoxy) is 2. The molecule has 0 bridgehead atoms. The lowest BCUT2D eigenvalue weighted by atomic mass is 9.70. The quantitative estimate of drug-likeness (QED) is 0.486. The Hall–Kier alpha value is -2.03. The number of aliphatic hydroxyl groups excluding tert-OH is 1. The molecule has 1 saturated heterocycles. The lowest BCUT2D eigenvalue weighted by Crippen LogP contribution is -2.37. The number of fused-ring (bicyclic) bond motifs is 4. The van der Waals surface area contributed by atoms with E-state index >= 15 is 0 Å². The van der Waals surface area contributed by atoms with Crippen LogP contribution in [0.15, 0.2) is 18.2 Å². The van der Waals surface area contributed by atoms with Crippen LogP contribution >= 0.6 is 0 Å². The maximum Gasteiger partial charge on any atom is 0.419 e. The monoisotopic (exact) mass is 493 g/mol. The molecule has 1 N–H and O–H groups in total. The molecule has 4 nitrogen and oxygen atoms in total. The number of aromatic nitrogens is 1. The van der Waals surface area contributed by atoms with Gasteiger partial charge in [0.15, 0.2) is 0 Å². The first kappa shape index (κ1) is 24.7. The molecule has 2 aromatic rings. The molecule has 1 spiro atoms. The van der Waals surface area contributed by atoms with E-state index in [1.807, 2.05) is 13.8 Å². The minimum Gasteiger partial charge on any atom is -0.388 e. The van der Waals surface area contributed by atoms with E-state index in [0.717, 1.165) is 40.2 Å². The van der Waals surface area contributed by atoms with Crippen molar-refractivity contribution in [1.29, 1.82) is 0 Å². The molecule has 8 heteroatoms. The summed E-state index contributed by atoms with van der Waals surface area (Å²) in [4.78, 5) is 5.02. The van der Waals surface area contributed by atoms with Gasteiger partial charge in [0.1, 0.15) is 11.9 Å². The second-order valence-corrected chi connectivity index (χ2v) is 11.2. The Morgan fingerprint density at radius 3 is 2.40 bits per heavy atom. The molecule has 1 aliphatic carbocycles. The molecule has 35 heavy (non-hydrogen) atoms. The molecule has 0 saturated carbocycles. The molecular weight excluding hydrogens is 462 g/mol. The third kappa shape index (κ3) is 4.07. The van der Waals surface area contributed by atoms with Gasteiger partial charge in [0.2, 0.25) is 0 Å². The number of nitrogens with zero attached hydrogens (tertiary/aromatic N) is 1. The molecule has 0 amide bonds. The lowest BCUT2D eigenvalue weighted by Gasteiger charge is -2.40. The number of halogens is 4. The maximum atomic E-state index is 14.6. The first-order valence-electron chi connectivity index (χ1n) is 12.2. The van der Waals surface area contributed by atoms with Crippen molar-refractivity contribution in [1.82, 2.24) is 4.98 Å². The molecule has 3 heterocycles. The summed E-state index contributed by atoms with van der Waals surface area (Å²) in [5.41, 5.74) is 2.19. The van der Waals surface area contributed by atoms with Crippen LogP contribution < -0.4 is 0 Å². The Balaban J connectivity index is 1.76. The van der Waals surface area contributed by atoms with Gasteiger partial charge >= 0.3 is 6.18 Å². The topological polar surface area (TPSA) is 51.6 Å². The fourth-order valence-corrected chi connectivity index (χ4v) is 6.10. The SMILES string of the molecule is CC(C)c1nc2c(c3c1[C@H](c1ccc(C(F)(F)F)c(F)c1)OC31CCOCC1)[C@@H](O)CC(C)(C)C2. The van der Waals surface area contributed by atoms with Crippen molar-refractivity contribution in [3.8, 4) is 0 Å². The highest BCUT2D eigenvalue weighted by Gasteiger charge is 2.52. The minimum absolute atomic E-state index is 0.00313. The average Bonchev–Trinajstić information content (AvgIpc) is 3.05. The van der Waals surface area contributed by atoms with Crippen LogP contribution in [0.4, 0.5) is 17.6 Å². The number of alkyl halides is 3. The Morgan fingerprint density at radius 1 is 1.11 bits per heavy atom. The molecule has 1 aromatic heterocycles. The number of rotatable bonds is 2. The highest BCUT2D eigenvalue weighted by Crippen LogP contribution is 2.57. The fourth-order valence-electron chi connectivity index (χ4n) is 6.10.